The summed E-state index contributed by atoms with van der Waals surface area (Å²) in [6.45, 7) is 0. The van der Waals surface area contributed by atoms with Crippen molar-refractivity contribution in [2.24, 2.45) is 7.05 Å². The van der Waals surface area contributed by atoms with Crippen LogP contribution in [0.5, 0.6) is 5.88 Å². The van der Waals surface area contributed by atoms with Crippen molar-refractivity contribution in [1.82, 2.24) is 14.8 Å². The third-order valence-corrected chi connectivity index (χ3v) is 1.27. The number of aromatic nitrogens is 3. The second-order valence-corrected chi connectivity index (χ2v) is 2.01. The summed E-state index contributed by atoms with van der Waals surface area (Å²) >= 11 is 4.58. The van der Waals surface area contributed by atoms with Crippen molar-refractivity contribution in [2.45, 2.75) is 5.16 Å². The molecule has 1 aromatic rings. The molecule has 53 valence electrons. The average Bonchev–Trinajstić information content (AvgIpc) is 1.84. The van der Waals surface area contributed by atoms with Crippen LogP contribution in [0.1, 0.15) is 0 Å². The molecule has 10 heavy (non-hydrogen) atoms. The Kier molecular flexibility index (Phi) is 1.54. The predicted octanol–water partition coefficient (Wildman–Crippen LogP) is -0.563. The van der Waals surface area contributed by atoms with Crippen LogP contribution in [-0.4, -0.2) is 19.9 Å². The normalized spacial score (nSPS) is 9.70. The van der Waals surface area contributed by atoms with Gasteiger partial charge in [-0.1, -0.05) is 0 Å². The summed E-state index contributed by atoms with van der Waals surface area (Å²) in [6.07, 6.45) is 0. The molecule has 0 saturated carbocycles. The van der Waals surface area contributed by atoms with Crippen LogP contribution < -0.4 is 5.56 Å². The lowest BCUT2D eigenvalue weighted by Crippen LogP contribution is -2.14. The Balaban J connectivity index is 3.43. The largest absolute Gasteiger partial charge is 0.488 e. The minimum Gasteiger partial charge on any atom is -0.488 e. The first kappa shape index (κ1) is 6.94. The van der Waals surface area contributed by atoms with E-state index >= 15 is 0 Å². The summed E-state index contributed by atoms with van der Waals surface area (Å²) in [6, 6.07) is 0. The Morgan fingerprint density at radius 2 is 2.30 bits per heavy atom. The SMILES string of the molecule is Cn1nc(O)c(=O)nc1[S]. The molecule has 0 unspecified atom stereocenters. The number of hydrogen-bond acceptors (Lipinski definition) is 4. The van der Waals surface area contributed by atoms with Gasteiger partial charge in [0.2, 0.25) is 5.16 Å². The van der Waals surface area contributed by atoms with Gasteiger partial charge < -0.3 is 5.11 Å². The minimum atomic E-state index is -0.789. The first-order valence-electron chi connectivity index (χ1n) is 2.42. The fraction of sp³-hybridized carbons (Fsp3) is 0.250. The number of nitrogens with zero attached hydrogens (tertiary/aromatic N) is 3. The van der Waals surface area contributed by atoms with E-state index in [9.17, 15) is 4.79 Å². The van der Waals surface area contributed by atoms with Crippen LogP contribution in [0.3, 0.4) is 0 Å². The maximum absolute atomic E-state index is 10.5. The van der Waals surface area contributed by atoms with Crippen LogP contribution in [0, 0.1) is 0 Å². The molecule has 1 rings (SSSR count). The highest BCUT2D eigenvalue weighted by molar-refractivity contribution is 7.80. The fourth-order valence-electron chi connectivity index (χ4n) is 0.437. The van der Waals surface area contributed by atoms with Gasteiger partial charge in [0, 0.05) is 7.05 Å². The van der Waals surface area contributed by atoms with Crippen LogP contribution >= 0.6 is 12.6 Å². The van der Waals surface area contributed by atoms with E-state index in [4.69, 9.17) is 5.11 Å². The van der Waals surface area contributed by atoms with Gasteiger partial charge in [-0.2, -0.15) is 4.98 Å². The third-order valence-electron chi connectivity index (χ3n) is 0.910. The lowest BCUT2D eigenvalue weighted by molar-refractivity contribution is 0.407. The Hall–Kier alpha value is -1.17. The molecule has 0 saturated heterocycles. The molecule has 0 aromatic carbocycles. The molecule has 1 radical (unpaired) electrons. The number of rotatable bonds is 0. The van der Waals surface area contributed by atoms with E-state index in [1.54, 1.807) is 0 Å². The summed E-state index contributed by atoms with van der Waals surface area (Å²) in [5.74, 6) is -0.629. The van der Waals surface area contributed by atoms with Crippen molar-refractivity contribution in [3.63, 3.8) is 0 Å². The van der Waals surface area contributed by atoms with Crippen molar-refractivity contribution >= 4 is 12.6 Å². The Morgan fingerprint density at radius 3 is 2.80 bits per heavy atom. The molecule has 0 aliphatic heterocycles. The molecule has 0 aliphatic rings. The minimum absolute atomic E-state index is 0.0581. The highest BCUT2D eigenvalue weighted by atomic mass is 32.1. The summed E-state index contributed by atoms with van der Waals surface area (Å²) in [5.41, 5.74) is -0.789. The molecular weight excluding hydrogens is 154 g/mol. The highest BCUT2D eigenvalue weighted by Gasteiger charge is 2.01. The zero-order valence-corrected chi connectivity index (χ0v) is 5.92. The molecule has 0 spiro atoms. The second-order valence-electron chi connectivity index (χ2n) is 1.65. The van der Waals surface area contributed by atoms with Crippen molar-refractivity contribution in [1.29, 1.82) is 0 Å². The molecule has 5 nitrogen and oxygen atoms in total. The fourth-order valence-corrected chi connectivity index (χ4v) is 0.561. The van der Waals surface area contributed by atoms with Crippen LogP contribution in [-0.2, 0) is 7.05 Å². The van der Waals surface area contributed by atoms with Gasteiger partial charge in [-0.3, -0.25) is 4.79 Å². The third kappa shape index (κ3) is 1.06. The molecule has 1 N–H and O–H groups in total. The lowest BCUT2D eigenvalue weighted by atomic mass is 10.8. The molecular formula is C4H4N3O2S. The van der Waals surface area contributed by atoms with Gasteiger partial charge in [0.25, 0.3) is 5.88 Å². The van der Waals surface area contributed by atoms with Crippen molar-refractivity contribution in [2.75, 3.05) is 0 Å². The van der Waals surface area contributed by atoms with Gasteiger partial charge in [0.1, 0.15) is 0 Å². The number of aryl methyl sites for hydroxylation is 1. The summed E-state index contributed by atoms with van der Waals surface area (Å²) in [4.78, 5) is 13.8. The van der Waals surface area contributed by atoms with Crippen LogP contribution in [0.25, 0.3) is 0 Å². The highest BCUT2D eigenvalue weighted by Crippen LogP contribution is 1.96. The zero-order chi connectivity index (χ0) is 7.72. The van der Waals surface area contributed by atoms with Crippen molar-refractivity contribution in [3.05, 3.63) is 10.4 Å². The molecule has 1 heterocycles. The Morgan fingerprint density at radius 1 is 1.70 bits per heavy atom. The van der Waals surface area contributed by atoms with Crippen LogP contribution in [0.15, 0.2) is 9.95 Å². The Bertz CT molecular complexity index is 308. The topological polar surface area (TPSA) is 68.0 Å². The smallest absolute Gasteiger partial charge is 0.336 e. The first-order chi connectivity index (χ1) is 4.61. The van der Waals surface area contributed by atoms with Gasteiger partial charge in [-0.15, -0.1) is 5.10 Å². The number of hydrogen-bond donors (Lipinski definition) is 1. The molecule has 0 bridgehead atoms. The van der Waals surface area contributed by atoms with Gasteiger partial charge >= 0.3 is 5.56 Å². The maximum atomic E-state index is 10.5. The number of aromatic hydroxyl groups is 1. The predicted molar refractivity (Wildman–Crippen MR) is 34.8 cm³/mol. The molecule has 6 heteroatoms. The maximum Gasteiger partial charge on any atom is 0.336 e. The first-order valence-corrected chi connectivity index (χ1v) is 2.83. The van der Waals surface area contributed by atoms with Gasteiger partial charge in [-0.25, -0.2) is 4.68 Å². The van der Waals surface area contributed by atoms with E-state index in [0.29, 0.717) is 0 Å². The van der Waals surface area contributed by atoms with Crippen LogP contribution in [0.4, 0.5) is 0 Å². The Labute approximate surface area is 61.7 Å². The van der Waals surface area contributed by atoms with E-state index in [1.807, 2.05) is 0 Å². The molecule has 0 fully saturated rings. The van der Waals surface area contributed by atoms with E-state index in [1.165, 1.54) is 7.05 Å². The standard InChI is InChI=1S/C4H4N3O2S/c1-7-4(10)5-2(8)3(9)6-7/h1H3,(H,6,9). The second kappa shape index (κ2) is 2.22. The summed E-state index contributed by atoms with van der Waals surface area (Å²) in [5, 5.41) is 12.1. The van der Waals surface area contributed by atoms with E-state index in [-0.39, 0.29) is 5.16 Å². The van der Waals surface area contributed by atoms with Crippen LogP contribution in [0.2, 0.25) is 0 Å². The van der Waals surface area contributed by atoms with E-state index in [0.717, 1.165) is 4.68 Å². The van der Waals surface area contributed by atoms with E-state index < -0.39 is 11.4 Å². The zero-order valence-electron chi connectivity index (χ0n) is 5.11. The van der Waals surface area contributed by atoms with Gasteiger partial charge in [0.15, 0.2) is 0 Å². The van der Waals surface area contributed by atoms with Gasteiger partial charge in [0.05, 0.1) is 0 Å². The van der Waals surface area contributed by atoms with Gasteiger partial charge in [-0.05, 0) is 12.6 Å². The van der Waals surface area contributed by atoms with Crippen molar-refractivity contribution < 1.29 is 5.11 Å². The monoisotopic (exact) mass is 158 g/mol. The van der Waals surface area contributed by atoms with E-state index in [2.05, 4.69) is 22.7 Å². The molecule has 0 amide bonds. The van der Waals surface area contributed by atoms with Crippen molar-refractivity contribution in [3.8, 4) is 5.88 Å². The molecule has 0 aliphatic carbocycles. The lowest BCUT2D eigenvalue weighted by Gasteiger charge is -1.96. The molecule has 0 atom stereocenters. The molecule has 1 aromatic heterocycles. The average molecular weight is 158 g/mol. The quantitative estimate of drug-likeness (QED) is 0.549. The summed E-state index contributed by atoms with van der Waals surface area (Å²) in [7, 11) is 1.49. The summed E-state index contributed by atoms with van der Waals surface area (Å²) < 4.78 is 1.14.